The van der Waals surface area contributed by atoms with Gasteiger partial charge in [-0.05, 0) is 30.3 Å². The van der Waals surface area contributed by atoms with Gasteiger partial charge in [0.25, 0.3) is 11.8 Å². The van der Waals surface area contributed by atoms with E-state index in [0.29, 0.717) is 17.4 Å². The quantitative estimate of drug-likeness (QED) is 0.729. The molecule has 7 nitrogen and oxygen atoms in total. The first-order valence-corrected chi connectivity index (χ1v) is 8.66. The number of ether oxygens (including phenoxy) is 1. The highest BCUT2D eigenvalue weighted by molar-refractivity contribution is 6.01. The average Bonchev–Trinajstić information content (AvgIpc) is 3.02. The highest BCUT2D eigenvalue weighted by Crippen LogP contribution is 2.39. The molecule has 1 aliphatic rings. The second-order valence-corrected chi connectivity index (χ2v) is 6.58. The van der Waals surface area contributed by atoms with Crippen molar-refractivity contribution in [1.82, 2.24) is 19.5 Å². The van der Waals surface area contributed by atoms with Crippen molar-refractivity contribution < 1.29 is 18.3 Å². The number of nitrogens with one attached hydrogen (secondary N) is 1. The van der Waals surface area contributed by atoms with Crippen LogP contribution in [-0.2, 0) is 7.05 Å². The molecular formula is C19H17F2N5O2. The molecule has 1 N–H and O–H groups in total. The number of alkyl halides is 2. The molecule has 1 fully saturated rings. The third-order valence-electron chi connectivity index (χ3n) is 4.47. The summed E-state index contributed by atoms with van der Waals surface area (Å²) in [6, 6.07) is 8.65. The summed E-state index contributed by atoms with van der Waals surface area (Å²) in [7, 11) is 1.77. The number of carbonyl (C=O) groups is 1. The number of hydrogen-bond acceptors (Lipinski definition) is 5. The number of nitrogens with zero attached hydrogens (tertiary/aromatic N) is 4. The number of carbonyl (C=O) groups excluding carboxylic acids is 1. The molecule has 0 atom stereocenters. The zero-order valence-electron chi connectivity index (χ0n) is 15.0. The van der Waals surface area contributed by atoms with Crippen LogP contribution in [0.25, 0.3) is 11.4 Å². The molecule has 0 radical (unpaired) electrons. The Morgan fingerprint density at radius 2 is 1.86 bits per heavy atom. The van der Waals surface area contributed by atoms with E-state index in [1.165, 1.54) is 18.6 Å². The summed E-state index contributed by atoms with van der Waals surface area (Å²) >= 11 is 0. The second-order valence-electron chi connectivity index (χ2n) is 6.58. The SMILES string of the molecule is Cn1c(NC(=O)c2ncccn2)cnc1-c1ccc(OC2CC(F)(F)C2)cc1. The van der Waals surface area contributed by atoms with Gasteiger partial charge in [-0.3, -0.25) is 4.79 Å². The molecule has 1 saturated carbocycles. The van der Waals surface area contributed by atoms with E-state index in [9.17, 15) is 13.6 Å². The summed E-state index contributed by atoms with van der Waals surface area (Å²) in [5, 5.41) is 2.72. The van der Waals surface area contributed by atoms with Crippen molar-refractivity contribution in [2.75, 3.05) is 5.32 Å². The number of rotatable bonds is 5. The van der Waals surface area contributed by atoms with Crippen LogP contribution in [0.1, 0.15) is 23.5 Å². The van der Waals surface area contributed by atoms with Crippen LogP contribution in [0, 0.1) is 0 Å². The van der Waals surface area contributed by atoms with Gasteiger partial charge in [0.15, 0.2) is 0 Å². The Bertz CT molecular complexity index is 981. The van der Waals surface area contributed by atoms with Gasteiger partial charge in [0.2, 0.25) is 5.82 Å². The highest BCUT2D eigenvalue weighted by Gasteiger charge is 2.46. The molecule has 0 unspecified atom stereocenters. The lowest BCUT2D eigenvalue weighted by atomic mass is 9.91. The topological polar surface area (TPSA) is 81.9 Å². The Morgan fingerprint density at radius 1 is 1.18 bits per heavy atom. The van der Waals surface area contributed by atoms with Gasteiger partial charge in [0.05, 0.1) is 6.20 Å². The summed E-state index contributed by atoms with van der Waals surface area (Å²) in [5.74, 6) is -1.32. The van der Waals surface area contributed by atoms with Crippen LogP contribution in [0.3, 0.4) is 0 Å². The molecule has 0 bridgehead atoms. The molecule has 4 rings (SSSR count). The van der Waals surface area contributed by atoms with Crippen LogP contribution < -0.4 is 10.1 Å². The zero-order chi connectivity index (χ0) is 19.7. The second kappa shape index (κ2) is 6.99. The van der Waals surface area contributed by atoms with E-state index in [2.05, 4.69) is 20.3 Å². The minimum atomic E-state index is -2.61. The molecule has 0 aliphatic heterocycles. The molecule has 2 heterocycles. The predicted octanol–water partition coefficient (Wildman–Crippen LogP) is 3.31. The lowest BCUT2D eigenvalue weighted by Gasteiger charge is -2.34. The van der Waals surface area contributed by atoms with E-state index in [1.54, 1.807) is 41.9 Å². The summed E-state index contributed by atoms with van der Waals surface area (Å²) in [5.41, 5.74) is 0.797. The molecule has 144 valence electrons. The fourth-order valence-electron chi connectivity index (χ4n) is 2.95. The lowest BCUT2D eigenvalue weighted by molar-refractivity contribution is -0.134. The summed E-state index contributed by atoms with van der Waals surface area (Å²) < 4.78 is 33.0. The van der Waals surface area contributed by atoms with Crippen molar-refractivity contribution in [3.63, 3.8) is 0 Å². The summed E-state index contributed by atoms with van der Waals surface area (Å²) in [6.45, 7) is 0. The third-order valence-corrected chi connectivity index (χ3v) is 4.47. The van der Waals surface area contributed by atoms with Gasteiger partial charge in [-0.1, -0.05) is 0 Å². The first-order valence-electron chi connectivity index (χ1n) is 8.66. The van der Waals surface area contributed by atoms with Crippen molar-refractivity contribution in [1.29, 1.82) is 0 Å². The molecule has 9 heteroatoms. The minimum absolute atomic E-state index is 0.0633. The molecular weight excluding hydrogens is 368 g/mol. The molecule has 1 aliphatic carbocycles. The normalized spacial score (nSPS) is 15.7. The number of amides is 1. The summed E-state index contributed by atoms with van der Waals surface area (Å²) in [6.07, 6.45) is 3.58. The molecule has 3 aromatic rings. The zero-order valence-corrected chi connectivity index (χ0v) is 15.0. The van der Waals surface area contributed by atoms with Gasteiger partial charge in [-0.25, -0.2) is 23.7 Å². The number of aromatic nitrogens is 4. The largest absolute Gasteiger partial charge is 0.490 e. The standard InChI is InChI=1S/C19H17F2N5O2/c1-26-15(25-18(27)16-22-7-2-8-23-16)11-24-17(26)12-3-5-13(6-4-12)28-14-9-19(20,21)10-14/h2-8,11,14H,9-10H2,1H3,(H,25,27). The maximum atomic E-state index is 12.9. The van der Waals surface area contributed by atoms with Gasteiger partial charge in [0.1, 0.15) is 23.5 Å². The maximum absolute atomic E-state index is 12.9. The van der Waals surface area contributed by atoms with Crippen molar-refractivity contribution in [2.24, 2.45) is 7.05 Å². The molecule has 1 aromatic carbocycles. The van der Waals surface area contributed by atoms with Crippen LogP contribution in [-0.4, -0.2) is 37.5 Å². The number of benzene rings is 1. The predicted molar refractivity (Wildman–Crippen MR) is 97.2 cm³/mol. The Hall–Kier alpha value is -3.36. The van der Waals surface area contributed by atoms with Gasteiger partial charge >= 0.3 is 0 Å². The smallest absolute Gasteiger partial charge is 0.294 e. The minimum Gasteiger partial charge on any atom is -0.490 e. The number of anilines is 1. The van der Waals surface area contributed by atoms with Crippen LogP contribution in [0.15, 0.2) is 48.9 Å². The maximum Gasteiger partial charge on any atom is 0.294 e. The Morgan fingerprint density at radius 3 is 2.50 bits per heavy atom. The number of hydrogen-bond donors (Lipinski definition) is 1. The van der Waals surface area contributed by atoms with Crippen LogP contribution in [0.4, 0.5) is 14.6 Å². The average molecular weight is 385 g/mol. The van der Waals surface area contributed by atoms with E-state index in [-0.39, 0.29) is 18.7 Å². The van der Waals surface area contributed by atoms with Crippen molar-refractivity contribution >= 4 is 11.7 Å². The van der Waals surface area contributed by atoms with Gasteiger partial charge < -0.3 is 14.6 Å². The molecule has 0 spiro atoms. The Labute approximate surface area is 159 Å². The number of imidazole rings is 1. The fourth-order valence-corrected chi connectivity index (χ4v) is 2.95. The molecule has 0 saturated heterocycles. The Kier molecular flexibility index (Phi) is 4.50. The molecule has 1 amide bonds. The lowest BCUT2D eigenvalue weighted by Crippen LogP contribution is -2.43. The van der Waals surface area contributed by atoms with Crippen LogP contribution in [0.5, 0.6) is 5.75 Å². The van der Waals surface area contributed by atoms with Crippen molar-refractivity contribution in [2.45, 2.75) is 24.9 Å². The van der Waals surface area contributed by atoms with Crippen LogP contribution >= 0.6 is 0 Å². The van der Waals surface area contributed by atoms with Gasteiger partial charge in [0, 0.05) is 37.8 Å². The van der Waals surface area contributed by atoms with Crippen molar-refractivity contribution in [3.05, 3.63) is 54.7 Å². The van der Waals surface area contributed by atoms with Gasteiger partial charge in [-0.15, -0.1) is 0 Å². The first-order chi connectivity index (χ1) is 13.4. The first kappa shape index (κ1) is 18.0. The van der Waals surface area contributed by atoms with E-state index in [1.807, 2.05) is 0 Å². The molecule has 28 heavy (non-hydrogen) atoms. The van der Waals surface area contributed by atoms with E-state index in [0.717, 1.165) is 5.56 Å². The van der Waals surface area contributed by atoms with Gasteiger partial charge in [-0.2, -0.15) is 0 Å². The van der Waals surface area contributed by atoms with Crippen molar-refractivity contribution in [3.8, 4) is 17.1 Å². The monoisotopic (exact) mass is 385 g/mol. The summed E-state index contributed by atoms with van der Waals surface area (Å²) in [4.78, 5) is 24.3. The van der Waals surface area contributed by atoms with E-state index < -0.39 is 17.9 Å². The third kappa shape index (κ3) is 3.68. The number of halogens is 2. The van der Waals surface area contributed by atoms with E-state index >= 15 is 0 Å². The van der Waals surface area contributed by atoms with E-state index in [4.69, 9.17) is 4.74 Å². The van der Waals surface area contributed by atoms with Crippen LogP contribution in [0.2, 0.25) is 0 Å². The Balaban J connectivity index is 1.44. The molecule has 2 aromatic heterocycles. The highest BCUT2D eigenvalue weighted by atomic mass is 19.3. The fraction of sp³-hybridized carbons (Fsp3) is 0.263.